The molecule has 1 saturated heterocycles. The molecular weight excluding hydrogens is 472 g/mol. The van der Waals surface area contributed by atoms with Crippen LogP contribution >= 0.6 is 0 Å². The highest BCUT2D eigenvalue weighted by Crippen LogP contribution is 2.39. The molecule has 3 aromatic heterocycles. The Kier molecular flexibility index (Phi) is 6.51. The molecule has 1 unspecified atom stereocenters. The van der Waals surface area contributed by atoms with Crippen molar-refractivity contribution in [1.29, 1.82) is 0 Å². The quantitative estimate of drug-likeness (QED) is 0.388. The van der Waals surface area contributed by atoms with Gasteiger partial charge in [0.15, 0.2) is 23.1 Å². The van der Waals surface area contributed by atoms with Gasteiger partial charge in [-0.1, -0.05) is 0 Å². The van der Waals surface area contributed by atoms with E-state index < -0.39 is 11.6 Å². The highest BCUT2D eigenvalue weighted by Gasteiger charge is 2.23. The number of nitrogens with zero attached hydrogens (tertiary/aromatic N) is 6. The molecule has 10 nitrogen and oxygen atoms in total. The largest absolute Gasteiger partial charge is 0.494 e. The molecule has 188 valence electrons. The van der Waals surface area contributed by atoms with Gasteiger partial charge in [-0.25, -0.2) is 13.8 Å². The minimum Gasteiger partial charge on any atom is -0.494 e. The first kappa shape index (κ1) is 23.7. The predicted molar refractivity (Wildman–Crippen MR) is 129 cm³/mol. The predicted octanol–water partition coefficient (Wildman–Crippen LogP) is 4.13. The standard InChI is InChI=1S/C24H24F2N7O3/c1-33-11-13(9-29-33)8-27-23-22-14(10-28-24(32-22)30-15-4-5-36-12-15)6-16(31-23)19-20(25)17(34-2)7-18(35-3)21(19)26/h6-7,9-11,15H,4-5,8,12H2,1-3H3,(H-,27,28,30,31,32)/q-1. The number of halogens is 2. The van der Waals surface area contributed by atoms with Gasteiger partial charge in [-0.3, -0.25) is 4.68 Å². The van der Waals surface area contributed by atoms with E-state index in [1.54, 1.807) is 17.1 Å². The van der Waals surface area contributed by atoms with Crippen molar-refractivity contribution in [1.82, 2.24) is 24.7 Å². The van der Waals surface area contributed by atoms with E-state index >= 15 is 8.78 Å². The van der Waals surface area contributed by atoms with E-state index in [2.05, 4.69) is 30.7 Å². The Morgan fingerprint density at radius 1 is 1.14 bits per heavy atom. The summed E-state index contributed by atoms with van der Waals surface area (Å²) < 4.78 is 47.8. The number of aromatic nitrogens is 5. The van der Waals surface area contributed by atoms with Gasteiger partial charge >= 0.3 is 0 Å². The topological polar surface area (TPSA) is 110 Å². The van der Waals surface area contributed by atoms with Crippen molar-refractivity contribution in [3.05, 3.63) is 53.2 Å². The van der Waals surface area contributed by atoms with Crippen LogP contribution in [0.1, 0.15) is 12.0 Å². The zero-order chi connectivity index (χ0) is 25.2. The molecule has 0 amide bonds. The molecule has 4 heterocycles. The van der Waals surface area contributed by atoms with Crippen LogP contribution in [-0.4, -0.2) is 58.2 Å². The summed E-state index contributed by atoms with van der Waals surface area (Å²) in [7, 11) is 4.40. The van der Waals surface area contributed by atoms with Gasteiger partial charge in [0.25, 0.3) is 0 Å². The third kappa shape index (κ3) is 4.59. The van der Waals surface area contributed by atoms with Crippen molar-refractivity contribution in [2.75, 3.05) is 32.8 Å². The highest BCUT2D eigenvalue weighted by atomic mass is 19.1. The number of fused-ring (bicyclic) bond motifs is 1. The number of methoxy groups -OCH3 is 2. The van der Waals surface area contributed by atoms with Crippen molar-refractivity contribution in [2.24, 2.45) is 7.05 Å². The molecule has 1 aliphatic rings. The van der Waals surface area contributed by atoms with Gasteiger partial charge in [-0.05, 0) is 24.1 Å². The number of hydrogen-bond donors (Lipinski definition) is 1. The molecular formula is C24H24F2N7O3-. The Bertz CT molecular complexity index is 1380. The monoisotopic (exact) mass is 496 g/mol. The average Bonchev–Trinajstić information content (AvgIpc) is 3.54. The number of nitrogens with one attached hydrogen (secondary N) is 1. The fraction of sp³-hybridized carbons (Fsp3) is 0.333. The second-order valence-electron chi connectivity index (χ2n) is 8.27. The first-order chi connectivity index (χ1) is 17.5. The van der Waals surface area contributed by atoms with Crippen molar-refractivity contribution in [3.8, 4) is 22.8 Å². The maximum absolute atomic E-state index is 15.3. The molecule has 0 bridgehead atoms. The first-order valence-corrected chi connectivity index (χ1v) is 11.2. The zero-order valence-electron chi connectivity index (χ0n) is 20.0. The molecule has 36 heavy (non-hydrogen) atoms. The van der Waals surface area contributed by atoms with Crippen LogP contribution in [0.5, 0.6) is 11.5 Å². The second-order valence-corrected chi connectivity index (χ2v) is 8.27. The van der Waals surface area contributed by atoms with E-state index in [1.165, 1.54) is 20.3 Å². The Morgan fingerprint density at radius 2 is 1.92 bits per heavy atom. The van der Waals surface area contributed by atoms with E-state index in [-0.39, 0.29) is 34.7 Å². The molecule has 1 fully saturated rings. The lowest BCUT2D eigenvalue weighted by atomic mass is 10.1. The number of hydrogen-bond acceptors (Lipinski definition) is 8. The van der Waals surface area contributed by atoms with Crippen LogP contribution in [0.15, 0.2) is 30.7 Å². The van der Waals surface area contributed by atoms with Gasteiger partial charge in [-0.15, -0.1) is 0 Å². The molecule has 1 aliphatic heterocycles. The number of benzene rings is 1. The lowest BCUT2D eigenvalue weighted by Crippen LogP contribution is -2.07. The molecule has 5 rings (SSSR count). The van der Waals surface area contributed by atoms with E-state index in [0.717, 1.165) is 18.1 Å². The molecule has 0 aliphatic carbocycles. The minimum absolute atomic E-state index is 0.0195. The molecule has 1 atom stereocenters. The summed E-state index contributed by atoms with van der Waals surface area (Å²) in [5.74, 6) is -1.52. The van der Waals surface area contributed by atoms with E-state index in [0.29, 0.717) is 36.5 Å². The van der Waals surface area contributed by atoms with Crippen LogP contribution in [-0.2, 0) is 18.3 Å². The van der Waals surface area contributed by atoms with Crippen molar-refractivity contribution < 1.29 is 23.0 Å². The Balaban J connectivity index is 1.62. The van der Waals surface area contributed by atoms with E-state index in [4.69, 9.17) is 14.2 Å². The Morgan fingerprint density at radius 3 is 2.56 bits per heavy atom. The number of ether oxygens (including phenoxy) is 3. The van der Waals surface area contributed by atoms with E-state index in [1.807, 2.05) is 13.2 Å². The van der Waals surface area contributed by atoms with Gasteiger partial charge in [0.1, 0.15) is 5.82 Å². The van der Waals surface area contributed by atoms with Crippen LogP contribution in [0.4, 0.5) is 20.5 Å². The SMILES string of the molecule is COc1cc(OC)c(F)c(-c2cc3cnc([N-]C4CCOC4)nc3c(NCc3cnn(C)c3)n2)c1F. The summed E-state index contributed by atoms with van der Waals surface area (Å²) in [6, 6.07) is 2.65. The van der Waals surface area contributed by atoms with Gasteiger partial charge < -0.3 is 34.8 Å². The molecule has 12 heteroatoms. The lowest BCUT2D eigenvalue weighted by Gasteiger charge is -2.20. The minimum atomic E-state index is -0.894. The van der Waals surface area contributed by atoms with Crippen molar-refractivity contribution in [3.63, 3.8) is 0 Å². The maximum atomic E-state index is 15.3. The van der Waals surface area contributed by atoms with Gasteiger partial charge in [0.05, 0.1) is 38.3 Å². The zero-order valence-corrected chi connectivity index (χ0v) is 20.0. The van der Waals surface area contributed by atoms with Crippen LogP contribution in [0, 0.1) is 11.6 Å². The van der Waals surface area contributed by atoms with Gasteiger partial charge in [0.2, 0.25) is 0 Å². The second kappa shape index (κ2) is 9.90. The molecule has 0 radical (unpaired) electrons. The summed E-state index contributed by atoms with van der Waals surface area (Å²) in [6.07, 6.45) is 5.91. The molecule has 4 aromatic rings. The Hall–Kier alpha value is -4.06. The summed E-state index contributed by atoms with van der Waals surface area (Å²) in [5.41, 5.74) is 1.00. The molecule has 1 N–H and O–H groups in total. The molecule has 0 saturated carbocycles. The fourth-order valence-corrected chi connectivity index (χ4v) is 3.99. The summed E-state index contributed by atoms with van der Waals surface area (Å²) >= 11 is 0. The number of anilines is 1. The normalized spacial score (nSPS) is 15.3. The lowest BCUT2D eigenvalue weighted by molar-refractivity contribution is 0.196. The van der Waals surface area contributed by atoms with Crippen LogP contribution < -0.4 is 14.8 Å². The maximum Gasteiger partial charge on any atom is 0.177 e. The van der Waals surface area contributed by atoms with Crippen LogP contribution in [0.3, 0.4) is 0 Å². The molecule has 0 spiro atoms. The summed E-state index contributed by atoms with van der Waals surface area (Å²) in [6.45, 7) is 1.52. The van der Waals surface area contributed by atoms with Crippen LogP contribution in [0.2, 0.25) is 0 Å². The van der Waals surface area contributed by atoms with Crippen molar-refractivity contribution in [2.45, 2.75) is 19.0 Å². The smallest absolute Gasteiger partial charge is 0.177 e. The number of rotatable bonds is 8. The highest BCUT2D eigenvalue weighted by molar-refractivity contribution is 5.92. The average molecular weight is 496 g/mol. The summed E-state index contributed by atoms with van der Waals surface area (Å²) in [5, 5.41) is 12.5. The van der Waals surface area contributed by atoms with Gasteiger partial charge in [0, 0.05) is 55.5 Å². The van der Waals surface area contributed by atoms with Crippen molar-refractivity contribution >= 4 is 22.7 Å². The third-order valence-electron chi connectivity index (χ3n) is 5.80. The number of aryl methyl sites for hydroxylation is 1. The molecule has 1 aromatic carbocycles. The van der Waals surface area contributed by atoms with Gasteiger partial charge in [-0.2, -0.15) is 5.10 Å². The first-order valence-electron chi connectivity index (χ1n) is 11.2. The fourth-order valence-electron chi connectivity index (χ4n) is 3.99. The van der Waals surface area contributed by atoms with Crippen LogP contribution in [0.25, 0.3) is 27.5 Å². The van der Waals surface area contributed by atoms with E-state index in [9.17, 15) is 0 Å². The summed E-state index contributed by atoms with van der Waals surface area (Å²) in [4.78, 5) is 13.5. The Labute approximate surface area is 205 Å². The number of pyridine rings is 1. The third-order valence-corrected chi connectivity index (χ3v) is 5.80.